The normalized spacial score (nSPS) is 13.7. The molecule has 2 N–H and O–H groups in total. The van der Waals surface area contributed by atoms with Gasteiger partial charge in [-0.25, -0.2) is 0 Å². The Kier molecular flexibility index (Phi) is 2.51. The van der Waals surface area contributed by atoms with E-state index < -0.39 is 11.9 Å². The fraction of sp³-hybridized carbons (Fsp3) is 0.214. The number of benzene rings is 1. The van der Waals surface area contributed by atoms with Gasteiger partial charge in [0.2, 0.25) is 11.9 Å². The van der Waals surface area contributed by atoms with Gasteiger partial charge in [-0.3, -0.25) is 0 Å². The first-order valence-corrected chi connectivity index (χ1v) is 5.89. The van der Waals surface area contributed by atoms with Crippen molar-refractivity contribution in [3.63, 3.8) is 0 Å². The summed E-state index contributed by atoms with van der Waals surface area (Å²) in [6.45, 7) is 0. The van der Waals surface area contributed by atoms with Crippen molar-refractivity contribution in [2.75, 3.05) is 5.73 Å². The minimum atomic E-state index is -0.829. The van der Waals surface area contributed by atoms with Gasteiger partial charge in [-0.2, -0.15) is 13.8 Å². The van der Waals surface area contributed by atoms with Gasteiger partial charge >= 0.3 is 0 Å². The van der Waals surface area contributed by atoms with Gasteiger partial charge in [-0.1, -0.05) is 12.1 Å². The van der Waals surface area contributed by atoms with Crippen molar-refractivity contribution in [2.45, 2.75) is 19.3 Å². The fourth-order valence-corrected chi connectivity index (χ4v) is 2.57. The molecule has 2 nitrogen and oxygen atoms in total. The molecular weight excluding hydrogens is 234 g/mol. The van der Waals surface area contributed by atoms with Crippen molar-refractivity contribution >= 4 is 5.69 Å². The average Bonchev–Trinajstić information content (AvgIpc) is 2.77. The van der Waals surface area contributed by atoms with Gasteiger partial charge in [0.05, 0.1) is 0 Å². The van der Waals surface area contributed by atoms with Crippen LogP contribution in [0.4, 0.5) is 14.5 Å². The molecule has 0 saturated heterocycles. The number of hydrogen-bond donors (Lipinski definition) is 1. The number of aromatic nitrogens is 1. The second-order valence-corrected chi connectivity index (χ2v) is 4.52. The summed E-state index contributed by atoms with van der Waals surface area (Å²) in [5, 5.41) is 0. The van der Waals surface area contributed by atoms with Crippen molar-refractivity contribution in [2.24, 2.45) is 0 Å². The zero-order valence-corrected chi connectivity index (χ0v) is 9.71. The highest BCUT2D eigenvalue weighted by atomic mass is 19.1. The van der Waals surface area contributed by atoms with Crippen LogP contribution in [0.15, 0.2) is 24.3 Å². The van der Waals surface area contributed by atoms with Crippen LogP contribution in [0.2, 0.25) is 0 Å². The maximum atomic E-state index is 13.1. The number of fused-ring (bicyclic) bond motifs is 1. The zero-order chi connectivity index (χ0) is 12.7. The molecule has 1 aliphatic carbocycles. The van der Waals surface area contributed by atoms with E-state index in [1.165, 1.54) is 17.7 Å². The molecule has 0 atom stereocenters. The number of pyridine rings is 1. The first kappa shape index (κ1) is 11.1. The lowest BCUT2D eigenvalue weighted by atomic mass is 9.98. The van der Waals surface area contributed by atoms with E-state index in [1.54, 1.807) is 0 Å². The van der Waals surface area contributed by atoms with Crippen LogP contribution in [0.1, 0.15) is 17.5 Å². The maximum absolute atomic E-state index is 13.1. The molecule has 3 rings (SSSR count). The standard InChI is InChI=1S/C14H12F2N2/c15-12-6-9(7-13(16)18-12)11-5-4-8-2-1-3-10(8)14(11)17/h4-7H,1-3,17H2. The van der Waals surface area contributed by atoms with Gasteiger partial charge in [-0.05, 0) is 36.0 Å². The lowest BCUT2D eigenvalue weighted by Gasteiger charge is -2.11. The second-order valence-electron chi connectivity index (χ2n) is 4.52. The Bertz CT molecular complexity index is 603. The quantitative estimate of drug-likeness (QED) is 0.620. The third kappa shape index (κ3) is 1.74. The largest absolute Gasteiger partial charge is 0.398 e. The summed E-state index contributed by atoms with van der Waals surface area (Å²) >= 11 is 0. The summed E-state index contributed by atoms with van der Waals surface area (Å²) < 4.78 is 26.3. The first-order valence-electron chi connectivity index (χ1n) is 5.89. The van der Waals surface area contributed by atoms with Crippen LogP contribution in [-0.2, 0) is 12.8 Å². The molecule has 1 heterocycles. The van der Waals surface area contributed by atoms with E-state index in [1.807, 2.05) is 12.1 Å². The number of hydrogen-bond acceptors (Lipinski definition) is 2. The minimum Gasteiger partial charge on any atom is -0.398 e. The Morgan fingerprint density at radius 3 is 2.50 bits per heavy atom. The predicted octanol–water partition coefficient (Wildman–Crippen LogP) is 3.10. The molecule has 0 fully saturated rings. The van der Waals surface area contributed by atoms with Crippen molar-refractivity contribution in [1.29, 1.82) is 0 Å². The van der Waals surface area contributed by atoms with E-state index >= 15 is 0 Å². The van der Waals surface area contributed by atoms with Gasteiger partial charge < -0.3 is 5.73 Å². The van der Waals surface area contributed by atoms with Crippen LogP contribution < -0.4 is 5.73 Å². The summed E-state index contributed by atoms with van der Waals surface area (Å²) in [5.74, 6) is -1.66. The molecule has 0 amide bonds. The lowest BCUT2D eigenvalue weighted by Crippen LogP contribution is -1.98. The van der Waals surface area contributed by atoms with Crippen LogP contribution in [0, 0.1) is 11.9 Å². The van der Waals surface area contributed by atoms with Crippen LogP contribution in [-0.4, -0.2) is 4.98 Å². The molecule has 0 unspecified atom stereocenters. The second kappa shape index (κ2) is 4.05. The molecule has 2 aromatic rings. The highest BCUT2D eigenvalue weighted by Gasteiger charge is 2.17. The zero-order valence-electron chi connectivity index (χ0n) is 9.71. The van der Waals surface area contributed by atoms with Crippen molar-refractivity contribution in [1.82, 2.24) is 4.98 Å². The third-order valence-corrected chi connectivity index (χ3v) is 3.40. The molecule has 92 valence electrons. The van der Waals surface area contributed by atoms with Gasteiger partial charge in [0.25, 0.3) is 0 Å². The predicted molar refractivity (Wildman–Crippen MR) is 66.0 cm³/mol. The highest BCUT2D eigenvalue weighted by molar-refractivity contribution is 5.79. The van der Waals surface area contributed by atoms with E-state index in [0.717, 1.165) is 24.8 Å². The Hall–Kier alpha value is -1.97. The molecule has 0 saturated carbocycles. The van der Waals surface area contributed by atoms with Crippen molar-refractivity contribution < 1.29 is 8.78 Å². The van der Waals surface area contributed by atoms with Gasteiger partial charge in [0.15, 0.2) is 0 Å². The lowest BCUT2D eigenvalue weighted by molar-refractivity contribution is 0.513. The molecule has 0 radical (unpaired) electrons. The number of nitrogen functional groups attached to an aromatic ring is 1. The summed E-state index contributed by atoms with van der Waals surface area (Å²) in [6.07, 6.45) is 3.05. The maximum Gasteiger partial charge on any atom is 0.216 e. The third-order valence-electron chi connectivity index (χ3n) is 3.40. The van der Waals surface area contributed by atoms with E-state index in [4.69, 9.17) is 5.73 Å². The van der Waals surface area contributed by atoms with Gasteiger partial charge in [0.1, 0.15) is 0 Å². The Morgan fingerprint density at radius 1 is 1.06 bits per heavy atom. The summed E-state index contributed by atoms with van der Waals surface area (Å²) in [7, 11) is 0. The average molecular weight is 246 g/mol. The van der Waals surface area contributed by atoms with Crippen LogP contribution in [0.25, 0.3) is 11.1 Å². The molecule has 0 spiro atoms. The monoisotopic (exact) mass is 246 g/mol. The first-order chi connectivity index (χ1) is 8.65. The molecule has 18 heavy (non-hydrogen) atoms. The number of nitrogens with two attached hydrogens (primary N) is 1. The summed E-state index contributed by atoms with van der Waals surface area (Å²) in [5.41, 5.74) is 10.2. The van der Waals surface area contributed by atoms with Crippen LogP contribution in [0.3, 0.4) is 0 Å². The number of nitrogens with zero attached hydrogens (tertiary/aromatic N) is 1. The number of aryl methyl sites for hydroxylation is 1. The number of rotatable bonds is 1. The summed E-state index contributed by atoms with van der Waals surface area (Å²) in [6, 6.07) is 6.23. The highest BCUT2D eigenvalue weighted by Crippen LogP contribution is 2.35. The molecule has 1 aromatic heterocycles. The number of halogens is 2. The van der Waals surface area contributed by atoms with Crippen LogP contribution >= 0.6 is 0 Å². The van der Waals surface area contributed by atoms with Crippen molar-refractivity contribution in [3.8, 4) is 11.1 Å². The van der Waals surface area contributed by atoms with E-state index in [2.05, 4.69) is 4.98 Å². The molecule has 0 aliphatic heterocycles. The smallest absolute Gasteiger partial charge is 0.216 e. The van der Waals surface area contributed by atoms with Crippen LogP contribution in [0.5, 0.6) is 0 Å². The molecular formula is C14H12F2N2. The molecule has 1 aliphatic rings. The topological polar surface area (TPSA) is 38.9 Å². The SMILES string of the molecule is Nc1c(-c2cc(F)nc(F)c2)ccc2c1CCC2. The van der Waals surface area contributed by atoms with Gasteiger partial charge in [0, 0.05) is 23.4 Å². The fourth-order valence-electron chi connectivity index (χ4n) is 2.57. The Balaban J connectivity index is 2.17. The number of anilines is 1. The van der Waals surface area contributed by atoms with E-state index in [-0.39, 0.29) is 0 Å². The Morgan fingerprint density at radius 2 is 1.78 bits per heavy atom. The molecule has 0 bridgehead atoms. The van der Waals surface area contributed by atoms with E-state index in [9.17, 15) is 8.78 Å². The van der Waals surface area contributed by atoms with Gasteiger partial charge in [-0.15, -0.1) is 0 Å². The Labute approximate surface area is 103 Å². The molecule has 1 aromatic carbocycles. The summed E-state index contributed by atoms with van der Waals surface area (Å²) in [4.78, 5) is 3.09. The minimum absolute atomic E-state index is 0.437. The van der Waals surface area contributed by atoms with E-state index in [0.29, 0.717) is 16.8 Å². The molecule has 4 heteroatoms. The van der Waals surface area contributed by atoms with Crippen molar-refractivity contribution in [3.05, 3.63) is 47.3 Å².